The van der Waals surface area contributed by atoms with Gasteiger partial charge >= 0.3 is 6.01 Å². The molecular weight excluding hydrogens is 278 g/mol. The van der Waals surface area contributed by atoms with Crippen LogP contribution in [-0.4, -0.2) is 48.2 Å². The lowest BCUT2D eigenvalue weighted by Gasteiger charge is -2.31. The molecule has 1 aromatic rings. The van der Waals surface area contributed by atoms with Crippen LogP contribution < -0.4 is 14.5 Å². The minimum Gasteiger partial charge on any atom is -0.467 e. The van der Waals surface area contributed by atoms with Crippen molar-refractivity contribution in [3.05, 3.63) is 0 Å². The summed E-state index contributed by atoms with van der Waals surface area (Å²) in [6.07, 6.45) is 7.43. The molecule has 0 unspecified atom stereocenters. The van der Waals surface area contributed by atoms with Crippen LogP contribution in [0.15, 0.2) is 0 Å². The minimum atomic E-state index is 0.433. The highest BCUT2D eigenvalue weighted by Crippen LogP contribution is 2.24. The van der Waals surface area contributed by atoms with Crippen LogP contribution in [-0.2, 0) is 0 Å². The van der Waals surface area contributed by atoms with Crippen LogP contribution in [0.4, 0.5) is 11.9 Å². The van der Waals surface area contributed by atoms with E-state index in [0.717, 1.165) is 44.0 Å². The van der Waals surface area contributed by atoms with E-state index in [9.17, 15) is 0 Å². The summed E-state index contributed by atoms with van der Waals surface area (Å²) in [5.74, 6) is 2.35. The minimum absolute atomic E-state index is 0.433. The van der Waals surface area contributed by atoms with Crippen LogP contribution in [0.3, 0.4) is 0 Å². The molecule has 3 heterocycles. The van der Waals surface area contributed by atoms with Gasteiger partial charge < -0.3 is 14.5 Å². The molecule has 0 amide bonds. The summed E-state index contributed by atoms with van der Waals surface area (Å²) in [4.78, 5) is 18.3. The number of aromatic nitrogens is 3. The van der Waals surface area contributed by atoms with Gasteiger partial charge in [0.05, 0.1) is 7.11 Å². The number of rotatable bonds is 3. The number of hydrogen-bond donors (Lipinski definition) is 0. The van der Waals surface area contributed by atoms with E-state index in [2.05, 4.69) is 26.7 Å². The number of nitrogens with zero attached hydrogens (tertiary/aromatic N) is 5. The summed E-state index contributed by atoms with van der Waals surface area (Å²) in [5, 5.41) is 0. The fourth-order valence-corrected chi connectivity index (χ4v) is 3.19. The highest BCUT2D eigenvalue weighted by Gasteiger charge is 2.22. The Labute approximate surface area is 132 Å². The van der Waals surface area contributed by atoms with Gasteiger partial charge in [-0.15, -0.1) is 0 Å². The fraction of sp³-hybridized carbons (Fsp3) is 0.812. The predicted molar refractivity (Wildman–Crippen MR) is 87.7 cm³/mol. The van der Waals surface area contributed by atoms with Gasteiger partial charge in [0.2, 0.25) is 11.9 Å². The first-order chi connectivity index (χ1) is 10.8. The zero-order chi connectivity index (χ0) is 15.4. The molecule has 0 bridgehead atoms. The Hall–Kier alpha value is -1.59. The van der Waals surface area contributed by atoms with Gasteiger partial charge in [-0.05, 0) is 31.6 Å². The van der Waals surface area contributed by atoms with Gasteiger partial charge in [0.15, 0.2) is 0 Å². The molecule has 0 atom stereocenters. The molecule has 0 saturated carbocycles. The van der Waals surface area contributed by atoms with E-state index >= 15 is 0 Å². The van der Waals surface area contributed by atoms with Crippen LogP contribution in [0, 0.1) is 5.92 Å². The van der Waals surface area contributed by atoms with Gasteiger partial charge in [0, 0.05) is 26.2 Å². The van der Waals surface area contributed by atoms with Crippen LogP contribution in [0.25, 0.3) is 0 Å². The zero-order valence-corrected chi connectivity index (χ0v) is 13.8. The molecule has 22 heavy (non-hydrogen) atoms. The van der Waals surface area contributed by atoms with E-state index in [1.54, 1.807) is 7.11 Å². The Morgan fingerprint density at radius 1 is 0.818 bits per heavy atom. The number of hydrogen-bond acceptors (Lipinski definition) is 6. The molecule has 0 aromatic carbocycles. The highest BCUT2D eigenvalue weighted by molar-refractivity contribution is 5.40. The van der Waals surface area contributed by atoms with E-state index in [-0.39, 0.29) is 0 Å². The second kappa shape index (κ2) is 7.11. The first kappa shape index (κ1) is 15.3. The Morgan fingerprint density at radius 2 is 1.36 bits per heavy atom. The first-order valence-electron chi connectivity index (χ1n) is 8.56. The van der Waals surface area contributed by atoms with Crippen LogP contribution in [0.5, 0.6) is 6.01 Å². The Kier molecular flexibility index (Phi) is 4.95. The van der Waals surface area contributed by atoms with Crippen molar-refractivity contribution in [3.8, 4) is 6.01 Å². The summed E-state index contributed by atoms with van der Waals surface area (Å²) in [6.45, 7) is 6.42. The number of anilines is 2. The monoisotopic (exact) mass is 305 g/mol. The van der Waals surface area contributed by atoms with Crippen molar-refractivity contribution in [1.82, 2.24) is 15.0 Å². The van der Waals surface area contributed by atoms with Crippen LogP contribution in [0.1, 0.15) is 45.4 Å². The molecule has 0 aliphatic carbocycles. The molecule has 2 fully saturated rings. The lowest BCUT2D eigenvalue weighted by Crippen LogP contribution is -2.35. The van der Waals surface area contributed by atoms with E-state index in [4.69, 9.17) is 9.72 Å². The number of methoxy groups -OCH3 is 1. The first-order valence-corrected chi connectivity index (χ1v) is 8.56. The van der Waals surface area contributed by atoms with Gasteiger partial charge in [-0.2, -0.15) is 15.0 Å². The molecule has 0 spiro atoms. The van der Waals surface area contributed by atoms with Crippen molar-refractivity contribution in [2.45, 2.75) is 45.4 Å². The molecule has 6 heteroatoms. The highest BCUT2D eigenvalue weighted by atomic mass is 16.5. The Bertz CT molecular complexity index is 479. The van der Waals surface area contributed by atoms with Crippen LogP contribution in [0.2, 0.25) is 0 Å². The quantitative estimate of drug-likeness (QED) is 0.855. The van der Waals surface area contributed by atoms with Gasteiger partial charge in [0.1, 0.15) is 0 Å². The lowest BCUT2D eigenvalue weighted by atomic mass is 10.00. The van der Waals surface area contributed by atoms with Gasteiger partial charge in [0.25, 0.3) is 0 Å². The fourth-order valence-electron chi connectivity index (χ4n) is 3.19. The van der Waals surface area contributed by atoms with E-state index in [0.29, 0.717) is 6.01 Å². The van der Waals surface area contributed by atoms with Crippen molar-refractivity contribution in [3.63, 3.8) is 0 Å². The molecule has 1 aromatic heterocycles. The SMILES string of the molecule is COc1nc(N2CCCCCC2)nc(N2CCC(C)CC2)n1. The van der Waals surface area contributed by atoms with E-state index in [1.165, 1.54) is 38.5 Å². The summed E-state index contributed by atoms with van der Waals surface area (Å²) in [6, 6.07) is 0.433. The summed E-state index contributed by atoms with van der Waals surface area (Å²) in [5.41, 5.74) is 0. The summed E-state index contributed by atoms with van der Waals surface area (Å²) < 4.78 is 5.31. The molecule has 0 radical (unpaired) electrons. The number of ether oxygens (including phenoxy) is 1. The average molecular weight is 305 g/mol. The van der Waals surface area contributed by atoms with Crippen molar-refractivity contribution < 1.29 is 4.74 Å². The second-order valence-electron chi connectivity index (χ2n) is 6.49. The molecule has 2 aliphatic rings. The molecule has 2 saturated heterocycles. The molecule has 6 nitrogen and oxygen atoms in total. The van der Waals surface area contributed by atoms with Gasteiger partial charge in [-0.1, -0.05) is 19.8 Å². The number of piperidine rings is 1. The largest absolute Gasteiger partial charge is 0.467 e. The Morgan fingerprint density at radius 3 is 1.91 bits per heavy atom. The van der Waals surface area contributed by atoms with Crippen molar-refractivity contribution in [2.75, 3.05) is 43.1 Å². The third-order valence-corrected chi connectivity index (χ3v) is 4.73. The summed E-state index contributed by atoms with van der Waals surface area (Å²) in [7, 11) is 1.63. The van der Waals surface area contributed by atoms with Gasteiger partial charge in [-0.3, -0.25) is 0 Å². The standard InChI is InChI=1S/C16H27N5O/c1-13-7-11-21(12-8-13)15-17-14(18-16(19-15)22-2)20-9-5-3-4-6-10-20/h13H,3-12H2,1-2H3. The van der Waals surface area contributed by atoms with E-state index < -0.39 is 0 Å². The second-order valence-corrected chi connectivity index (χ2v) is 6.49. The average Bonchev–Trinajstić information content (AvgIpc) is 2.84. The predicted octanol–water partition coefficient (Wildman–Crippen LogP) is 2.50. The van der Waals surface area contributed by atoms with Gasteiger partial charge in [-0.25, -0.2) is 0 Å². The third kappa shape index (κ3) is 3.59. The zero-order valence-electron chi connectivity index (χ0n) is 13.8. The van der Waals surface area contributed by atoms with Crippen LogP contribution >= 0.6 is 0 Å². The maximum atomic E-state index is 5.31. The molecule has 3 rings (SSSR count). The maximum Gasteiger partial charge on any atom is 0.322 e. The normalized spacial score (nSPS) is 20.8. The molecule has 0 N–H and O–H groups in total. The van der Waals surface area contributed by atoms with Crippen molar-refractivity contribution in [1.29, 1.82) is 0 Å². The summed E-state index contributed by atoms with van der Waals surface area (Å²) >= 11 is 0. The lowest BCUT2D eigenvalue weighted by molar-refractivity contribution is 0.375. The molecule has 2 aliphatic heterocycles. The third-order valence-electron chi connectivity index (χ3n) is 4.73. The van der Waals surface area contributed by atoms with E-state index in [1.807, 2.05) is 0 Å². The molecule has 122 valence electrons. The van der Waals surface area contributed by atoms with Crippen molar-refractivity contribution in [2.24, 2.45) is 5.92 Å². The van der Waals surface area contributed by atoms with Crippen molar-refractivity contribution >= 4 is 11.9 Å². The Balaban J connectivity index is 1.82. The molecular formula is C16H27N5O. The topological polar surface area (TPSA) is 54.4 Å². The smallest absolute Gasteiger partial charge is 0.322 e. The maximum absolute atomic E-state index is 5.31.